The van der Waals surface area contributed by atoms with Gasteiger partial charge in [-0.2, -0.15) is 5.26 Å². The highest BCUT2D eigenvalue weighted by atomic mass is 19.4. The lowest BCUT2D eigenvalue weighted by atomic mass is 9.99. The van der Waals surface area contributed by atoms with Crippen LogP contribution >= 0.6 is 0 Å². The van der Waals surface area contributed by atoms with Crippen molar-refractivity contribution in [2.75, 3.05) is 7.11 Å². The van der Waals surface area contributed by atoms with E-state index in [1.807, 2.05) is 0 Å². The van der Waals surface area contributed by atoms with Crippen LogP contribution in [0.15, 0.2) is 36.4 Å². The molecule has 0 spiro atoms. The average Bonchev–Trinajstić information content (AvgIpc) is 2.46. The Labute approximate surface area is 123 Å². The molecule has 2 rings (SSSR count). The largest absolute Gasteiger partial charge is 0.573 e. The first kappa shape index (κ1) is 15.6. The van der Waals surface area contributed by atoms with Gasteiger partial charge in [-0.3, -0.25) is 0 Å². The molecule has 0 N–H and O–H groups in total. The maximum atomic E-state index is 13.9. The van der Waals surface area contributed by atoms with E-state index < -0.39 is 17.9 Å². The third-order valence-electron chi connectivity index (χ3n) is 2.81. The molecule has 3 nitrogen and oxygen atoms in total. The Balaban J connectivity index is 2.58. The Morgan fingerprint density at radius 2 is 1.64 bits per heavy atom. The Bertz CT molecular complexity index is 735. The van der Waals surface area contributed by atoms with Crippen molar-refractivity contribution in [3.63, 3.8) is 0 Å². The Morgan fingerprint density at radius 1 is 1.00 bits per heavy atom. The molecule has 0 aliphatic heterocycles. The molecule has 2 aromatic rings. The highest BCUT2D eigenvalue weighted by Gasteiger charge is 2.31. The lowest BCUT2D eigenvalue weighted by Gasteiger charge is -2.12. The zero-order chi connectivity index (χ0) is 16.3. The minimum Gasteiger partial charge on any atom is -0.497 e. The third kappa shape index (κ3) is 3.47. The molecule has 0 atom stereocenters. The molecule has 0 saturated carbocycles. The first-order valence-electron chi connectivity index (χ1n) is 5.98. The molecule has 0 aromatic heterocycles. The van der Waals surface area contributed by atoms with Gasteiger partial charge in [0.15, 0.2) is 0 Å². The number of rotatable bonds is 3. The van der Waals surface area contributed by atoms with Crippen LogP contribution in [0.5, 0.6) is 11.5 Å². The van der Waals surface area contributed by atoms with Crippen LogP contribution in [-0.4, -0.2) is 13.5 Å². The summed E-state index contributed by atoms with van der Waals surface area (Å²) in [7, 11) is 1.37. The van der Waals surface area contributed by atoms with Gasteiger partial charge in [0.05, 0.1) is 18.7 Å². The molecule has 0 fully saturated rings. The fourth-order valence-electron chi connectivity index (χ4n) is 1.88. The Kier molecular flexibility index (Phi) is 4.22. The molecular weight excluding hydrogens is 302 g/mol. The molecule has 0 heterocycles. The molecule has 22 heavy (non-hydrogen) atoms. The van der Waals surface area contributed by atoms with Gasteiger partial charge in [-0.05, 0) is 36.4 Å². The van der Waals surface area contributed by atoms with Crippen LogP contribution in [0.1, 0.15) is 5.56 Å². The van der Waals surface area contributed by atoms with Crippen LogP contribution in [0.4, 0.5) is 17.6 Å². The molecule has 0 bridgehead atoms. The van der Waals surface area contributed by atoms with Gasteiger partial charge in [-0.15, -0.1) is 13.2 Å². The van der Waals surface area contributed by atoms with Crippen molar-refractivity contribution in [1.29, 1.82) is 5.26 Å². The molecular formula is C15H9F4NO2. The van der Waals surface area contributed by atoms with E-state index in [1.54, 1.807) is 6.07 Å². The fourth-order valence-corrected chi connectivity index (χ4v) is 1.88. The number of nitrogens with zero attached hydrogens (tertiary/aromatic N) is 1. The number of alkyl halides is 3. The van der Waals surface area contributed by atoms with Crippen LogP contribution < -0.4 is 9.47 Å². The van der Waals surface area contributed by atoms with E-state index in [2.05, 4.69) is 4.74 Å². The molecule has 0 radical (unpaired) electrons. The number of benzene rings is 2. The molecule has 0 aliphatic rings. The van der Waals surface area contributed by atoms with Gasteiger partial charge >= 0.3 is 6.36 Å². The van der Waals surface area contributed by atoms with E-state index in [0.29, 0.717) is 5.75 Å². The summed E-state index contributed by atoms with van der Waals surface area (Å²) in [4.78, 5) is 0. The summed E-state index contributed by atoms with van der Waals surface area (Å²) < 4.78 is 59.5. The average molecular weight is 311 g/mol. The Morgan fingerprint density at radius 3 is 2.23 bits per heavy atom. The highest BCUT2D eigenvalue weighted by molar-refractivity contribution is 5.73. The number of hydrogen-bond acceptors (Lipinski definition) is 3. The van der Waals surface area contributed by atoms with Crippen molar-refractivity contribution < 1.29 is 27.0 Å². The molecule has 0 unspecified atom stereocenters. The molecule has 114 valence electrons. The van der Waals surface area contributed by atoms with E-state index in [0.717, 1.165) is 24.3 Å². The van der Waals surface area contributed by atoms with Crippen LogP contribution in [0.2, 0.25) is 0 Å². The van der Waals surface area contributed by atoms with Crippen molar-refractivity contribution in [2.24, 2.45) is 0 Å². The van der Waals surface area contributed by atoms with Crippen molar-refractivity contribution in [2.45, 2.75) is 6.36 Å². The smallest absolute Gasteiger partial charge is 0.497 e. The van der Waals surface area contributed by atoms with Crippen LogP contribution in [-0.2, 0) is 0 Å². The predicted molar refractivity (Wildman–Crippen MR) is 69.8 cm³/mol. The summed E-state index contributed by atoms with van der Waals surface area (Å²) in [5, 5.41) is 9.05. The summed E-state index contributed by atoms with van der Waals surface area (Å²) in [5.41, 5.74) is -0.0501. The predicted octanol–water partition coefficient (Wildman–Crippen LogP) is 4.27. The lowest BCUT2D eigenvalue weighted by molar-refractivity contribution is -0.274. The monoisotopic (exact) mass is 311 g/mol. The van der Waals surface area contributed by atoms with Crippen molar-refractivity contribution in [1.82, 2.24) is 0 Å². The van der Waals surface area contributed by atoms with Gasteiger partial charge in [0, 0.05) is 11.1 Å². The molecule has 0 aliphatic carbocycles. The van der Waals surface area contributed by atoms with Crippen molar-refractivity contribution in [3.8, 4) is 28.7 Å². The highest BCUT2D eigenvalue weighted by Crippen LogP contribution is 2.33. The maximum Gasteiger partial charge on any atom is 0.573 e. The first-order chi connectivity index (χ1) is 10.3. The van der Waals surface area contributed by atoms with E-state index in [-0.39, 0.29) is 16.7 Å². The summed E-state index contributed by atoms with van der Waals surface area (Å²) >= 11 is 0. The molecule has 0 saturated heterocycles. The summed E-state index contributed by atoms with van der Waals surface area (Å²) in [6, 6.07) is 8.65. The van der Waals surface area contributed by atoms with E-state index in [4.69, 9.17) is 10.00 Å². The number of halogens is 4. The van der Waals surface area contributed by atoms with Gasteiger partial charge < -0.3 is 9.47 Å². The number of ether oxygens (including phenoxy) is 2. The summed E-state index contributed by atoms with van der Waals surface area (Å²) in [6.07, 6.45) is -4.88. The second-order valence-corrected chi connectivity index (χ2v) is 4.21. The summed E-state index contributed by atoms with van der Waals surface area (Å²) in [6.45, 7) is 0. The standard InChI is InChI=1S/C15H9F4NO2/c1-21-10-4-5-14(16)13(6-10)12-7-11(22-15(17,18)19)3-2-9(12)8-20/h2-7H,1H3. The first-order valence-corrected chi connectivity index (χ1v) is 5.98. The summed E-state index contributed by atoms with van der Waals surface area (Å²) in [5.74, 6) is -0.924. The number of methoxy groups -OCH3 is 1. The van der Waals surface area contributed by atoms with Gasteiger partial charge in [-0.1, -0.05) is 0 Å². The van der Waals surface area contributed by atoms with Gasteiger partial charge in [0.1, 0.15) is 17.3 Å². The number of nitriles is 1. The van der Waals surface area contributed by atoms with E-state index >= 15 is 0 Å². The molecule has 0 amide bonds. The minimum absolute atomic E-state index is 0.0133. The minimum atomic E-state index is -4.88. The molecule has 2 aromatic carbocycles. The SMILES string of the molecule is COc1ccc(F)c(-c2cc(OC(F)(F)F)ccc2C#N)c1. The zero-order valence-corrected chi connectivity index (χ0v) is 11.2. The van der Waals surface area contributed by atoms with Crippen molar-refractivity contribution in [3.05, 3.63) is 47.8 Å². The van der Waals surface area contributed by atoms with Gasteiger partial charge in [0.2, 0.25) is 0 Å². The van der Waals surface area contributed by atoms with Crippen LogP contribution in [0.25, 0.3) is 11.1 Å². The lowest BCUT2D eigenvalue weighted by Crippen LogP contribution is -2.17. The second-order valence-electron chi connectivity index (χ2n) is 4.21. The van der Waals surface area contributed by atoms with Crippen molar-refractivity contribution >= 4 is 0 Å². The third-order valence-corrected chi connectivity index (χ3v) is 2.81. The number of hydrogen-bond donors (Lipinski definition) is 0. The van der Waals surface area contributed by atoms with E-state index in [1.165, 1.54) is 19.2 Å². The normalized spacial score (nSPS) is 10.9. The Hall–Kier alpha value is -2.75. The molecule has 7 heteroatoms. The topological polar surface area (TPSA) is 42.2 Å². The van der Waals surface area contributed by atoms with Crippen LogP contribution in [0.3, 0.4) is 0 Å². The fraction of sp³-hybridized carbons (Fsp3) is 0.133. The second kappa shape index (κ2) is 5.93. The van der Waals surface area contributed by atoms with Crippen LogP contribution in [0, 0.1) is 17.1 Å². The van der Waals surface area contributed by atoms with E-state index in [9.17, 15) is 17.6 Å². The maximum absolute atomic E-state index is 13.9. The zero-order valence-electron chi connectivity index (χ0n) is 11.2. The quantitative estimate of drug-likeness (QED) is 0.795. The van der Waals surface area contributed by atoms with Gasteiger partial charge in [-0.25, -0.2) is 4.39 Å². The van der Waals surface area contributed by atoms with Gasteiger partial charge in [0.25, 0.3) is 0 Å².